The molecule has 1 aromatic heterocycles. The average Bonchev–Trinajstić information content (AvgIpc) is 2.86. The van der Waals surface area contributed by atoms with E-state index in [2.05, 4.69) is 17.2 Å². The predicted molar refractivity (Wildman–Crippen MR) is 72.2 cm³/mol. The molecule has 0 saturated heterocycles. The largest absolute Gasteiger partial charge is 0.476 e. The first-order valence-electron chi connectivity index (χ1n) is 5.71. The topological polar surface area (TPSA) is 62.2 Å². The van der Waals surface area contributed by atoms with Gasteiger partial charge in [-0.05, 0) is 12.0 Å². The maximum absolute atomic E-state index is 10.8. The third-order valence-electron chi connectivity index (χ3n) is 2.63. The summed E-state index contributed by atoms with van der Waals surface area (Å²) in [6.45, 7) is 2.08. The Bertz CT molecular complexity index is 525. The number of hydrogen-bond donors (Lipinski definition) is 2. The molecule has 94 valence electrons. The first-order valence-corrected chi connectivity index (χ1v) is 6.59. The monoisotopic (exact) mass is 262 g/mol. The van der Waals surface area contributed by atoms with Crippen molar-refractivity contribution in [3.63, 3.8) is 0 Å². The molecular weight excluding hydrogens is 248 g/mol. The van der Waals surface area contributed by atoms with Gasteiger partial charge in [-0.2, -0.15) is 0 Å². The van der Waals surface area contributed by atoms with Crippen LogP contribution in [0.15, 0.2) is 35.7 Å². The normalized spacial score (nSPS) is 12.1. The van der Waals surface area contributed by atoms with Gasteiger partial charge in [0, 0.05) is 5.38 Å². The molecule has 1 atom stereocenters. The van der Waals surface area contributed by atoms with E-state index >= 15 is 0 Å². The average molecular weight is 262 g/mol. The van der Waals surface area contributed by atoms with Gasteiger partial charge in [0.1, 0.15) is 0 Å². The number of thiazole rings is 1. The number of carboxylic acid groups (broad SMARTS) is 1. The summed E-state index contributed by atoms with van der Waals surface area (Å²) in [5, 5.41) is 14.3. The van der Waals surface area contributed by atoms with Gasteiger partial charge in [0.25, 0.3) is 0 Å². The van der Waals surface area contributed by atoms with Gasteiger partial charge in [-0.3, -0.25) is 0 Å². The van der Waals surface area contributed by atoms with Crippen molar-refractivity contribution in [2.45, 2.75) is 19.4 Å². The van der Waals surface area contributed by atoms with E-state index in [-0.39, 0.29) is 11.7 Å². The summed E-state index contributed by atoms with van der Waals surface area (Å²) in [5.41, 5.74) is 1.26. The van der Waals surface area contributed by atoms with Gasteiger partial charge in [0.05, 0.1) is 6.04 Å². The van der Waals surface area contributed by atoms with E-state index in [0.29, 0.717) is 5.13 Å². The Labute approximate surface area is 109 Å². The molecule has 0 radical (unpaired) electrons. The minimum absolute atomic E-state index is 0.0883. The second-order valence-electron chi connectivity index (χ2n) is 3.86. The molecule has 4 nitrogen and oxygen atoms in total. The molecule has 2 rings (SSSR count). The lowest BCUT2D eigenvalue weighted by Gasteiger charge is -2.16. The predicted octanol–water partition coefficient (Wildman–Crippen LogP) is 3.40. The number of benzene rings is 1. The van der Waals surface area contributed by atoms with E-state index < -0.39 is 5.97 Å². The summed E-state index contributed by atoms with van der Waals surface area (Å²) < 4.78 is 0. The first-order chi connectivity index (χ1) is 8.70. The number of aromatic nitrogens is 1. The fraction of sp³-hybridized carbons (Fsp3) is 0.231. The van der Waals surface area contributed by atoms with E-state index in [1.807, 2.05) is 30.3 Å². The quantitative estimate of drug-likeness (QED) is 0.866. The molecule has 2 N–H and O–H groups in total. The molecule has 18 heavy (non-hydrogen) atoms. The van der Waals surface area contributed by atoms with Crippen LogP contribution in [0.4, 0.5) is 5.13 Å². The number of carboxylic acids is 1. The Morgan fingerprint density at radius 2 is 2.17 bits per heavy atom. The van der Waals surface area contributed by atoms with Gasteiger partial charge in [-0.25, -0.2) is 9.78 Å². The Kier molecular flexibility index (Phi) is 3.94. The number of carbonyl (C=O) groups is 1. The maximum atomic E-state index is 10.8. The molecule has 0 amide bonds. The molecule has 1 unspecified atom stereocenters. The Balaban J connectivity index is 2.13. The number of nitrogens with zero attached hydrogens (tertiary/aromatic N) is 1. The molecule has 5 heteroatoms. The summed E-state index contributed by atoms with van der Waals surface area (Å²) in [4.78, 5) is 14.8. The number of hydrogen-bond acceptors (Lipinski definition) is 4. The second-order valence-corrected chi connectivity index (χ2v) is 4.72. The second kappa shape index (κ2) is 5.64. The highest BCUT2D eigenvalue weighted by Gasteiger charge is 2.13. The van der Waals surface area contributed by atoms with Gasteiger partial charge in [0.2, 0.25) is 0 Å². The number of aromatic carboxylic acids is 1. The van der Waals surface area contributed by atoms with E-state index in [1.165, 1.54) is 16.9 Å². The van der Waals surface area contributed by atoms with Crippen LogP contribution in [-0.2, 0) is 0 Å². The van der Waals surface area contributed by atoms with Crippen molar-refractivity contribution in [1.82, 2.24) is 4.98 Å². The smallest absolute Gasteiger partial charge is 0.355 e. The highest BCUT2D eigenvalue weighted by Crippen LogP contribution is 2.24. The van der Waals surface area contributed by atoms with Crippen LogP contribution in [-0.4, -0.2) is 16.1 Å². The SMILES string of the molecule is CCC(Nc1nc(C(=O)O)cs1)c1ccccc1. The van der Waals surface area contributed by atoms with E-state index in [1.54, 1.807) is 5.38 Å². The summed E-state index contributed by atoms with van der Waals surface area (Å²) >= 11 is 1.31. The fourth-order valence-electron chi connectivity index (χ4n) is 1.69. The molecule has 0 bridgehead atoms. The molecule has 0 aliphatic heterocycles. The van der Waals surface area contributed by atoms with Crippen LogP contribution in [0.2, 0.25) is 0 Å². The summed E-state index contributed by atoms with van der Waals surface area (Å²) in [5.74, 6) is -0.993. The minimum Gasteiger partial charge on any atom is -0.476 e. The van der Waals surface area contributed by atoms with Gasteiger partial charge in [-0.1, -0.05) is 37.3 Å². The van der Waals surface area contributed by atoms with Crippen molar-refractivity contribution in [1.29, 1.82) is 0 Å². The van der Waals surface area contributed by atoms with E-state index in [4.69, 9.17) is 5.11 Å². The molecule has 1 heterocycles. The van der Waals surface area contributed by atoms with Crippen LogP contribution in [0.5, 0.6) is 0 Å². The molecule has 0 aliphatic rings. The summed E-state index contributed by atoms with van der Waals surface area (Å²) in [7, 11) is 0. The highest BCUT2D eigenvalue weighted by molar-refractivity contribution is 7.13. The van der Waals surface area contributed by atoms with Crippen LogP contribution >= 0.6 is 11.3 Å². The number of nitrogens with one attached hydrogen (secondary N) is 1. The molecule has 2 aromatic rings. The molecule has 0 fully saturated rings. The maximum Gasteiger partial charge on any atom is 0.355 e. The van der Waals surface area contributed by atoms with Gasteiger partial charge < -0.3 is 10.4 Å². The van der Waals surface area contributed by atoms with Crippen molar-refractivity contribution >= 4 is 22.4 Å². The van der Waals surface area contributed by atoms with Crippen LogP contribution in [0.25, 0.3) is 0 Å². The first kappa shape index (κ1) is 12.6. The van der Waals surface area contributed by atoms with Crippen LogP contribution in [0.3, 0.4) is 0 Å². The highest BCUT2D eigenvalue weighted by atomic mass is 32.1. The van der Waals surface area contributed by atoms with Gasteiger partial charge in [-0.15, -0.1) is 11.3 Å². The zero-order chi connectivity index (χ0) is 13.0. The van der Waals surface area contributed by atoms with Crippen LogP contribution in [0, 0.1) is 0 Å². The van der Waals surface area contributed by atoms with Crippen molar-refractivity contribution < 1.29 is 9.90 Å². The lowest BCUT2D eigenvalue weighted by Crippen LogP contribution is -2.09. The van der Waals surface area contributed by atoms with Crippen molar-refractivity contribution in [3.8, 4) is 0 Å². The van der Waals surface area contributed by atoms with E-state index in [0.717, 1.165) is 6.42 Å². The lowest BCUT2D eigenvalue weighted by molar-refractivity contribution is 0.0691. The van der Waals surface area contributed by atoms with Crippen molar-refractivity contribution in [3.05, 3.63) is 47.0 Å². The third-order valence-corrected chi connectivity index (χ3v) is 3.40. The van der Waals surface area contributed by atoms with Crippen LogP contribution in [0.1, 0.15) is 35.4 Å². The lowest BCUT2D eigenvalue weighted by atomic mass is 10.1. The Hall–Kier alpha value is -1.88. The molecule has 1 aromatic carbocycles. The zero-order valence-corrected chi connectivity index (χ0v) is 10.8. The van der Waals surface area contributed by atoms with E-state index in [9.17, 15) is 4.79 Å². The summed E-state index contributed by atoms with van der Waals surface area (Å²) in [6.07, 6.45) is 0.909. The molecule has 0 saturated carbocycles. The van der Waals surface area contributed by atoms with Gasteiger partial charge >= 0.3 is 5.97 Å². The van der Waals surface area contributed by atoms with Crippen molar-refractivity contribution in [2.24, 2.45) is 0 Å². The zero-order valence-electron chi connectivity index (χ0n) is 9.96. The molecule has 0 aliphatic carbocycles. The van der Waals surface area contributed by atoms with Crippen molar-refractivity contribution in [2.75, 3.05) is 5.32 Å². The number of rotatable bonds is 5. The summed E-state index contributed by atoms with van der Waals surface area (Å²) in [6, 6.07) is 10.2. The fourth-order valence-corrected chi connectivity index (χ4v) is 2.43. The third kappa shape index (κ3) is 2.87. The van der Waals surface area contributed by atoms with Crippen LogP contribution < -0.4 is 5.32 Å². The Morgan fingerprint density at radius 1 is 1.44 bits per heavy atom. The van der Waals surface area contributed by atoms with Gasteiger partial charge in [0.15, 0.2) is 10.8 Å². The molecule has 0 spiro atoms. The Morgan fingerprint density at radius 3 is 2.72 bits per heavy atom. The minimum atomic E-state index is -0.993. The standard InChI is InChI=1S/C13H14N2O2S/c1-2-10(9-6-4-3-5-7-9)14-13-15-11(8-18-13)12(16)17/h3-8,10H,2H2,1H3,(H,14,15)(H,16,17). The molecular formula is C13H14N2O2S. The number of anilines is 1.